The van der Waals surface area contributed by atoms with Crippen molar-refractivity contribution >= 4 is 34.5 Å². The van der Waals surface area contributed by atoms with Gasteiger partial charge < -0.3 is 24.0 Å². The number of fused-ring (bicyclic) bond motifs is 3. The highest BCUT2D eigenvalue weighted by molar-refractivity contribution is 6.62. The van der Waals surface area contributed by atoms with E-state index >= 15 is 0 Å². The van der Waals surface area contributed by atoms with Crippen molar-refractivity contribution < 1.29 is 19.1 Å². The van der Waals surface area contributed by atoms with E-state index in [0.717, 1.165) is 82.9 Å². The van der Waals surface area contributed by atoms with Gasteiger partial charge in [0.25, 0.3) is 11.8 Å². The van der Waals surface area contributed by atoms with Crippen molar-refractivity contribution in [2.24, 2.45) is 0 Å². The van der Waals surface area contributed by atoms with Gasteiger partial charge in [0.05, 0.1) is 5.56 Å². The van der Waals surface area contributed by atoms with Gasteiger partial charge in [0.2, 0.25) is 0 Å². The molecule has 4 aromatic carbocycles. The molecule has 3 aliphatic heterocycles. The number of aromatic nitrogens is 1. The summed E-state index contributed by atoms with van der Waals surface area (Å²) in [7, 11) is 1.81. The molecule has 0 spiro atoms. The van der Waals surface area contributed by atoms with Crippen LogP contribution in [-0.2, 0) is 45.5 Å². The summed E-state index contributed by atoms with van der Waals surface area (Å²) >= 11 is 5.93. The second-order valence-electron chi connectivity index (χ2n) is 14.5. The second kappa shape index (κ2) is 14.6. The molecule has 3 amide bonds. The first kappa shape index (κ1) is 34.7. The third-order valence-electron chi connectivity index (χ3n) is 11.1. The quantitative estimate of drug-likeness (QED) is 0.124. The zero-order valence-corrected chi connectivity index (χ0v) is 30.9. The maximum Gasteiger partial charge on any atom is 0.316 e. The summed E-state index contributed by atoms with van der Waals surface area (Å²) in [5.74, 6) is 0.588. The molecular weight excluding hydrogens is 684 g/mol. The van der Waals surface area contributed by atoms with E-state index in [1.807, 2.05) is 84.7 Å². The molecule has 3 aliphatic rings. The van der Waals surface area contributed by atoms with Crippen molar-refractivity contribution in [3.8, 4) is 17.0 Å². The highest BCUT2D eigenvalue weighted by atomic mass is 35.5. The highest BCUT2D eigenvalue weighted by Gasteiger charge is 2.33. The van der Waals surface area contributed by atoms with Crippen LogP contribution < -0.4 is 9.64 Å². The van der Waals surface area contributed by atoms with E-state index in [-0.39, 0.29) is 17.9 Å². The lowest BCUT2D eigenvalue weighted by atomic mass is 9.90. The van der Waals surface area contributed by atoms with Crippen molar-refractivity contribution in [1.29, 1.82) is 0 Å². The van der Waals surface area contributed by atoms with Gasteiger partial charge in [-0.05, 0) is 121 Å². The van der Waals surface area contributed by atoms with Crippen LogP contribution in [0.5, 0.6) is 5.75 Å². The molecule has 1 atom stereocenters. The molecular formula is C44H43ClN4O4. The molecule has 0 N–H and O–H groups in total. The Bertz CT molecular complexity index is 2200. The fourth-order valence-electron chi connectivity index (χ4n) is 8.14. The predicted molar refractivity (Wildman–Crippen MR) is 208 cm³/mol. The number of carbonyl (C=O) groups excluding carboxylic acids is 3. The van der Waals surface area contributed by atoms with Gasteiger partial charge in [-0.1, -0.05) is 54.6 Å². The lowest BCUT2D eigenvalue weighted by Gasteiger charge is -2.36. The summed E-state index contributed by atoms with van der Waals surface area (Å²) in [4.78, 5) is 46.6. The normalized spacial score (nSPS) is 16.3. The molecule has 0 radical (unpaired) electrons. The van der Waals surface area contributed by atoms with Gasteiger partial charge in [0.1, 0.15) is 12.4 Å². The van der Waals surface area contributed by atoms with Crippen LogP contribution in [0.25, 0.3) is 11.3 Å². The lowest BCUT2D eigenvalue weighted by molar-refractivity contribution is 0.0658. The summed E-state index contributed by atoms with van der Waals surface area (Å²) in [6.07, 6.45) is 4.17. The van der Waals surface area contributed by atoms with Crippen molar-refractivity contribution in [3.05, 3.63) is 142 Å². The average Bonchev–Trinajstić information content (AvgIpc) is 3.58. The topological polar surface area (TPSA) is 75.1 Å². The Morgan fingerprint density at radius 1 is 0.792 bits per heavy atom. The first-order valence-electron chi connectivity index (χ1n) is 18.5. The Balaban J connectivity index is 1.14. The third-order valence-corrected chi connectivity index (χ3v) is 11.4. The summed E-state index contributed by atoms with van der Waals surface area (Å²) in [5, 5.41) is -0.490. The van der Waals surface area contributed by atoms with Crippen LogP contribution in [0.1, 0.15) is 74.0 Å². The zero-order chi connectivity index (χ0) is 36.6. The van der Waals surface area contributed by atoms with E-state index in [0.29, 0.717) is 43.8 Å². The van der Waals surface area contributed by atoms with Crippen LogP contribution in [-0.4, -0.2) is 51.2 Å². The molecule has 8 nitrogen and oxygen atoms in total. The number of benzene rings is 4. The molecule has 53 heavy (non-hydrogen) atoms. The summed E-state index contributed by atoms with van der Waals surface area (Å²) in [6, 6.07) is 32.1. The fourth-order valence-corrected chi connectivity index (χ4v) is 8.29. The van der Waals surface area contributed by atoms with Crippen molar-refractivity contribution in [3.63, 3.8) is 0 Å². The van der Waals surface area contributed by atoms with Crippen LogP contribution in [0.3, 0.4) is 0 Å². The Hall–Kier alpha value is -5.34. The average molecular weight is 727 g/mol. The standard InChI is InChI=1S/C44H43ClN4O4/c1-29-22-31-12-6-7-13-33(31)27-49(29)43(51)38-24-34-26-47(44(45)52)21-19-32(34)23-37(38)41-25-39(40-14-8-9-20-48(40)41)42(50)46(2)35-15-17-36(18-16-35)53-28-30-10-4-3-5-11-30/h3-7,10-13,15-18,23-25,29H,8-9,14,19-22,26-28H2,1-2H3/t29-/m1/s1. The van der Waals surface area contributed by atoms with E-state index in [9.17, 15) is 14.4 Å². The van der Waals surface area contributed by atoms with E-state index in [2.05, 4.69) is 35.8 Å². The molecule has 0 unspecified atom stereocenters. The van der Waals surface area contributed by atoms with Crippen molar-refractivity contribution in [2.45, 2.75) is 71.3 Å². The van der Waals surface area contributed by atoms with Crippen LogP contribution >= 0.6 is 11.6 Å². The molecule has 270 valence electrons. The number of anilines is 1. The number of ether oxygens (including phenoxy) is 1. The second-order valence-corrected chi connectivity index (χ2v) is 14.8. The monoisotopic (exact) mass is 726 g/mol. The SMILES string of the molecule is C[C@@H]1Cc2ccccc2CN1C(=O)c1cc2c(cc1-c1cc(C(=O)N(C)c3ccc(OCc4ccccc4)cc3)c3n1CCCC3)CCN(C(=O)Cl)C2. The number of hydrogen-bond acceptors (Lipinski definition) is 4. The number of amides is 3. The Morgan fingerprint density at radius 3 is 2.32 bits per heavy atom. The van der Waals surface area contributed by atoms with E-state index in [1.165, 1.54) is 5.56 Å². The summed E-state index contributed by atoms with van der Waals surface area (Å²) < 4.78 is 8.25. The zero-order valence-electron chi connectivity index (χ0n) is 30.2. The van der Waals surface area contributed by atoms with Crippen LogP contribution in [0.2, 0.25) is 0 Å². The molecule has 8 rings (SSSR count). The van der Waals surface area contributed by atoms with Crippen molar-refractivity contribution in [2.75, 3.05) is 18.5 Å². The van der Waals surface area contributed by atoms with Gasteiger partial charge in [-0.25, -0.2) is 0 Å². The maximum atomic E-state index is 14.8. The van der Waals surface area contributed by atoms with Gasteiger partial charge in [0.15, 0.2) is 0 Å². The first-order valence-corrected chi connectivity index (χ1v) is 18.9. The van der Waals surface area contributed by atoms with Crippen LogP contribution in [0.4, 0.5) is 10.5 Å². The van der Waals surface area contributed by atoms with E-state index < -0.39 is 5.37 Å². The third kappa shape index (κ3) is 6.84. The minimum atomic E-state index is -0.490. The molecule has 0 aliphatic carbocycles. The molecule has 0 saturated carbocycles. The molecule has 1 aromatic heterocycles. The number of nitrogens with zero attached hydrogens (tertiary/aromatic N) is 4. The van der Waals surface area contributed by atoms with Gasteiger partial charge >= 0.3 is 5.37 Å². The molecule has 4 heterocycles. The smallest absolute Gasteiger partial charge is 0.316 e. The predicted octanol–water partition coefficient (Wildman–Crippen LogP) is 8.65. The Kier molecular flexibility index (Phi) is 9.56. The summed E-state index contributed by atoms with van der Waals surface area (Å²) in [6.45, 7) is 4.73. The molecule has 9 heteroatoms. The van der Waals surface area contributed by atoms with E-state index in [4.69, 9.17) is 16.3 Å². The van der Waals surface area contributed by atoms with E-state index in [1.54, 1.807) is 9.80 Å². The number of carbonyl (C=O) groups is 3. The van der Waals surface area contributed by atoms with Crippen LogP contribution in [0, 0.1) is 0 Å². The van der Waals surface area contributed by atoms with Crippen molar-refractivity contribution in [1.82, 2.24) is 14.4 Å². The van der Waals surface area contributed by atoms with Gasteiger partial charge in [-0.15, -0.1) is 0 Å². The lowest BCUT2D eigenvalue weighted by Crippen LogP contribution is -2.43. The summed E-state index contributed by atoms with van der Waals surface area (Å²) in [5.41, 5.74) is 10.3. The first-order chi connectivity index (χ1) is 25.7. The Morgan fingerprint density at radius 2 is 1.55 bits per heavy atom. The number of rotatable bonds is 7. The molecule has 5 aromatic rings. The molecule has 0 saturated heterocycles. The minimum absolute atomic E-state index is 0.00402. The molecule has 0 bridgehead atoms. The minimum Gasteiger partial charge on any atom is -0.489 e. The largest absolute Gasteiger partial charge is 0.489 e. The van der Waals surface area contributed by atoms with Crippen LogP contribution in [0.15, 0.2) is 97.1 Å². The van der Waals surface area contributed by atoms with Gasteiger partial charge in [0, 0.05) is 67.5 Å². The Labute approximate surface area is 315 Å². The fraction of sp³-hybridized carbons (Fsp3) is 0.295. The van der Waals surface area contributed by atoms with Gasteiger partial charge in [-0.3, -0.25) is 14.4 Å². The number of hydrogen-bond donors (Lipinski definition) is 0. The molecule has 0 fully saturated rings. The maximum absolute atomic E-state index is 14.8. The number of halogens is 1. The van der Waals surface area contributed by atoms with Gasteiger partial charge in [-0.2, -0.15) is 0 Å². The highest BCUT2D eigenvalue weighted by Crippen LogP contribution is 2.38.